The minimum Gasteiger partial charge on any atom is -0.449 e. The van der Waals surface area contributed by atoms with Gasteiger partial charge in [-0.3, -0.25) is 0 Å². The molecule has 1 amide bonds. The lowest BCUT2D eigenvalue weighted by Gasteiger charge is -2.32. The van der Waals surface area contributed by atoms with E-state index in [1.54, 1.807) is 13.1 Å². The number of alkyl carbamates (subject to hydrolysis) is 1. The van der Waals surface area contributed by atoms with E-state index in [0.717, 1.165) is 43.6 Å². The van der Waals surface area contributed by atoms with Crippen molar-refractivity contribution in [2.24, 2.45) is 5.92 Å². The highest BCUT2D eigenvalue weighted by molar-refractivity contribution is 5.79. The van der Waals surface area contributed by atoms with Gasteiger partial charge in [0.15, 0.2) is 5.58 Å². The third-order valence-corrected chi connectivity index (χ3v) is 4.71. The molecule has 1 aromatic carbocycles. The van der Waals surface area contributed by atoms with Gasteiger partial charge in [-0.1, -0.05) is 12.1 Å². The van der Waals surface area contributed by atoms with Crippen molar-refractivity contribution in [1.82, 2.24) is 15.4 Å². The van der Waals surface area contributed by atoms with Gasteiger partial charge in [0.1, 0.15) is 5.82 Å². The molecule has 0 bridgehead atoms. The van der Waals surface area contributed by atoms with Crippen LogP contribution >= 0.6 is 0 Å². The second-order valence-corrected chi connectivity index (χ2v) is 6.74. The molecule has 1 fully saturated rings. The van der Waals surface area contributed by atoms with Crippen molar-refractivity contribution < 1.29 is 18.4 Å². The van der Waals surface area contributed by atoms with E-state index in [0.29, 0.717) is 18.1 Å². The largest absolute Gasteiger partial charge is 0.449 e. The first-order chi connectivity index (χ1) is 12.1. The maximum Gasteiger partial charge on any atom is 0.406 e. The average molecular weight is 349 g/mol. The fourth-order valence-electron chi connectivity index (χ4n) is 3.40. The Labute approximate surface area is 146 Å². The summed E-state index contributed by atoms with van der Waals surface area (Å²) in [6.07, 6.45) is 1.59. The number of nitrogens with zero attached hydrogens (tertiary/aromatic N) is 2. The lowest BCUT2D eigenvalue weighted by molar-refractivity contribution is 0.110. The van der Waals surface area contributed by atoms with Gasteiger partial charge in [-0.05, 0) is 38.1 Å². The highest BCUT2D eigenvalue weighted by Gasteiger charge is 2.26. The Morgan fingerprint density at radius 2 is 2.24 bits per heavy atom. The molecule has 6 nitrogen and oxygen atoms in total. The molecule has 0 spiro atoms. The quantitative estimate of drug-likeness (QED) is 0.898. The topological polar surface area (TPSA) is 67.6 Å². The predicted molar refractivity (Wildman–Crippen MR) is 92.0 cm³/mol. The zero-order valence-electron chi connectivity index (χ0n) is 14.6. The Hall–Kier alpha value is -2.15. The fourth-order valence-corrected chi connectivity index (χ4v) is 3.40. The molecule has 2 heterocycles. The van der Waals surface area contributed by atoms with Crippen LogP contribution < -0.4 is 5.32 Å². The lowest BCUT2D eigenvalue weighted by atomic mass is 9.91. The van der Waals surface area contributed by atoms with Gasteiger partial charge in [-0.25, -0.2) is 9.18 Å². The highest BCUT2D eigenvalue weighted by atomic mass is 19.1. The molecule has 136 valence electrons. The van der Waals surface area contributed by atoms with Gasteiger partial charge < -0.3 is 19.5 Å². The first kappa shape index (κ1) is 17.7. The summed E-state index contributed by atoms with van der Waals surface area (Å²) in [4.78, 5) is 13.5. The zero-order chi connectivity index (χ0) is 17.8. The normalized spacial score (nSPS) is 17.6. The third kappa shape index (κ3) is 4.28. The van der Waals surface area contributed by atoms with Crippen molar-refractivity contribution in [2.45, 2.75) is 25.7 Å². The van der Waals surface area contributed by atoms with Crippen LogP contribution in [0.5, 0.6) is 0 Å². The van der Waals surface area contributed by atoms with Gasteiger partial charge in [0, 0.05) is 36.9 Å². The zero-order valence-corrected chi connectivity index (χ0v) is 14.6. The predicted octanol–water partition coefficient (Wildman–Crippen LogP) is 3.14. The number of piperidine rings is 1. The van der Waals surface area contributed by atoms with Gasteiger partial charge in [-0.2, -0.15) is 0 Å². The summed E-state index contributed by atoms with van der Waals surface area (Å²) in [5, 5.41) is 7.54. The maximum atomic E-state index is 13.3. The van der Waals surface area contributed by atoms with Gasteiger partial charge >= 0.3 is 6.09 Å². The number of ether oxygens (including phenoxy) is 1. The standard InChI is InChI=1S/C18H24FN3O3/c1-12(11-24-18(23)20-2)10-22-7-5-13(6-8-22)17-15-4-3-14(19)9-16(15)25-21-17/h3-4,9,12-13H,5-8,10-11H2,1-2H3,(H,20,23). The van der Waals surface area contributed by atoms with E-state index in [4.69, 9.17) is 9.26 Å². The number of aromatic nitrogens is 1. The van der Waals surface area contributed by atoms with Gasteiger partial charge in [0.2, 0.25) is 0 Å². The van der Waals surface area contributed by atoms with Crippen molar-refractivity contribution in [3.05, 3.63) is 29.7 Å². The lowest BCUT2D eigenvalue weighted by Crippen LogP contribution is -2.37. The van der Waals surface area contributed by atoms with Crippen LogP contribution in [-0.4, -0.2) is 49.4 Å². The molecule has 1 aromatic heterocycles. The van der Waals surface area contributed by atoms with E-state index in [1.807, 2.05) is 0 Å². The smallest absolute Gasteiger partial charge is 0.406 e. The molecular weight excluding hydrogens is 325 g/mol. The number of likely N-dealkylation sites (tertiary alicyclic amines) is 1. The number of halogens is 1. The second kappa shape index (κ2) is 7.82. The van der Waals surface area contributed by atoms with Crippen LogP contribution in [0.1, 0.15) is 31.4 Å². The summed E-state index contributed by atoms with van der Waals surface area (Å²) in [7, 11) is 1.56. The SMILES string of the molecule is CNC(=O)OCC(C)CN1CCC(c2noc3cc(F)ccc23)CC1. The number of rotatable bonds is 5. The molecular formula is C18H24FN3O3. The first-order valence-corrected chi connectivity index (χ1v) is 8.68. The summed E-state index contributed by atoms with van der Waals surface area (Å²) < 4.78 is 23.7. The van der Waals surface area contributed by atoms with Crippen LogP contribution in [0.4, 0.5) is 9.18 Å². The molecule has 0 saturated carbocycles. The molecule has 1 unspecified atom stereocenters. The summed E-state index contributed by atoms with van der Waals surface area (Å²) in [5.41, 5.74) is 1.45. The Bertz CT molecular complexity index is 725. The van der Waals surface area contributed by atoms with E-state index in [2.05, 4.69) is 22.3 Å². The van der Waals surface area contributed by atoms with Crippen molar-refractivity contribution in [3.63, 3.8) is 0 Å². The Balaban J connectivity index is 1.52. The second-order valence-electron chi connectivity index (χ2n) is 6.74. The van der Waals surface area contributed by atoms with Crippen molar-refractivity contribution in [2.75, 3.05) is 33.3 Å². The number of fused-ring (bicyclic) bond motifs is 1. The van der Waals surface area contributed by atoms with Crippen LogP contribution in [0, 0.1) is 11.7 Å². The Kier molecular flexibility index (Phi) is 5.53. The van der Waals surface area contributed by atoms with Crippen LogP contribution in [0.2, 0.25) is 0 Å². The number of hydrogen-bond acceptors (Lipinski definition) is 5. The van der Waals surface area contributed by atoms with E-state index in [9.17, 15) is 9.18 Å². The van der Waals surface area contributed by atoms with Crippen LogP contribution in [-0.2, 0) is 4.74 Å². The molecule has 1 N–H and O–H groups in total. The minimum absolute atomic E-state index is 0.282. The summed E-state index contributed by atoms with van der Waals surface area (Å²) in [6.45, 7) is 5.32. The molecule has 0 radical (unpaired) electrons. The van der Waals surface area contributed by atoms with E-state index < -0.39 is 0 Å². The monoisotopic (exact) mass is 349 g/mol. The number of carbonyl (C=O) groups is 1. The molecule has 25 heavy (non-hydrogen) atoms. The van der Waals surface area contributed by atoms with Crippen LogP contribution in [0.15, 0.2) is 22.7 Å². The molecule has 0 aliphatic carbocycles. The van der Waals surface area contributed by atoms with E-state index >= 15 is 0 Å². The number of amides is 1. The Morgan fingerprint density at radius 3 is 2.96 bits per heavy atom. The summed E-state index contributed by atoms with van der Waals surface area (Å²) in [5.74, 6) is 0.308. The van der Waals surface area contributed by atoms with Crippen LogP contribution in [0.25, 0.3) is 11.0 Å². The minimum atomic E-state index is -0.389. The molecule has 1 atom stereocenters. The van der Waals surface area contributed by atoms with E-state index in [1.165, 1.54) is 12.1 Å². The summed E-state index contributed by atoms with van der Waals surface area (Å²) >= 11 is 0. The molecule has 3 rings (SSSR count). The van der Waals surface area contributed by atoms with Crippen molar-refractivity contribution in [1.29, 1.82) is 0 Å². The van der Waals surface area contributed by atoms with Crippen molar-refractivity contribution in [3.8, 4) is 0 Å². The van der Waals surface area contributed by atoms with Gasteiger partial charge in [-0.15, -0.1) is 0 Å². The third-order valence-electron chi connectivity index (χ3n) is 4.71. The van der Waals surface area contributed by atoms with Crippen LogP contribution in [0.3, 0.4) is 0 Å². The number of nitrogens with one attached hydrogen (secondary N) is 1. The number of carbonyl (C=O) groups excluding carboxylic acids is 1. The van der Waals surface area contributed by atoms with Gasteiger partial charge in [0.05, 0.1) is 12.3 Å². The molecule has 1 aliphatic rings. The Morgan fingerprint density at radius 1 is 1.48 bits per heavy atom. The van der Waals surface area contributed by atoms with E-state index in [-0.39, 0.29) is 17.8 Å². The average Bonchev–Trinajstić information content (AvgIpc) is 3.03. The fraction of sp³-hybridized carbons (Fsp3) is 0.556. The molecule has 1 aliphatic heterocycles. The number of hydrogen-bond donors (Lipinski definition) is 1. The van der Waals surface area contributed by atoms with Gasteiger partial charge in [0.25, 0.3) is 0 Å². The summed E-state index contributed by atoms with van der Waals surface area (Å²) in [6, 6.07) is 4.59. The highest BCUT2D eigenvalue weighted by Crippen LogP contribution is 2.32. The molecule has 7 heteroatoms. The van der Waals surface area contributed by atoms with Crippen molar-refractivity contribution >= 4 is 17.1 Å². The number of benzene rings is 1. The maximum absolute atomic E-state index is 13.3. The first-order valence-electron chi connectivity index (χ1n) is 8.68. The molecule has 1 saturated heterocycles. The molecule has 2 aromatic rings.